The Morgan fingerprint density at radius 1 is 1.37 bits per heavy atom. The van der Waals surface area contributed by atoms with Crippen molar-refractivity contribution in [2.24, 2.45) is 5.73 Å². The lowest BCUT2D eigenvalue weighted by molar-refractivity contribution is 0.373. The van der Waals surface area contributed by atoms with Crippen LogP contribution in [-0.4, -0.2) is 43.1 Å². The summed E-state index contributed by atoms with van der Waals surface area (Å²) in [6, 6.07) is 6.72. The Morgan fingerprint density at radius 2 is 2.00 bits per heavy atom. The van der Waals surface area contributed by atoms with Crippen molar-refractivity contribution in [3.8, 4) is 0 Å². The Labute approximate surface area is 122 Å². The number of hydrogen-bond donors (Lipinski definition) is 1. The average Bonchev–Trinajstić information content (AvgIpc) is 2.30. The minimum absolute atomic E-state index is 0.413. The van der Waals surface area contributed by atoms with Gasteiger partial charge in [0.25, 0.3) is 0 Å². The molecule has 1 unspecified atom stereocenters. The maximum Gasteiger partial charge on any atom is 0.106 e. The van der Waals surface area contributed by atoms with Crippen molar-refractivity contribution in [2.75, 3.05) is 32.1 Å². The van der Waals surface area contributed by atoms with Crippen LogP contribution in [0.25, 0.3) is 0 Å². The largest absolute Gasteiger partial charge is 0.389 e. The summed E-state index contributed by atoms with van der Waals surface area (Å²) < 4.78 is 0. The molecule has 0 amide bonds. The highest BCUT2D eigenvalue weighted by Gasteiger charge is 2.17. The van der Waals surface area contributed by atoms with Crippen LogP contribution in [0.5, 0.6) is 0 Å². The number of aryl methyl sites for hydroxylation is 1. The summed E-state index contributed by atoms with van der Waals surface area (Å²) in [6.07, 6.45) is 0. The van der Waals surface area contributed by atoms with Gasteiger partial charge in [-0.15, -0.1) is 0 Å². The number of likely N-dealkylation sites (N-methyl/N-ethyl adjacent to an activating group) is 2. The molecule has 0 heterocycles. The van der Waals surface area contributed by atoms with Gasteiger partial charge in [-0.1, -0.05) is 23.8 Å². The van der Waals surface area contributed by atoms with E-state index in [9.17, 15) is 0 Å². The van der Waals surface area contributed by atoms with Gasteiger partial charge in [0, 0.05) is 30.4 Å². The van der Waals surface area contributed by atoms with Crippen molar-refractivity contribution in [1.29, 1.82) is 0 Å². The van der Waals surface area contributed by atoms with E-state index in [-0.39, 0.29) is 0 Å². The molecule has 0 aliphatic rings. The van der Waals surface area contributed by atoms with E-state index in [1.54, 1.807) is 0 Å². The van der Waals surface area contributed by atoms with Crippen molar-refractivity contribution in [3.05, 3.63) is 29.3 Å². The number of rotatable bonds is 6. The second kappa shape index (κ2) is 6.87. The standard InChI is InChI=1S/C15H25N3S/c1-6-18(12(3)10-17(4)5)14-8-7-11(2)9-13(14)15(16)19/h7-9,12H,6,10H2,1-5H3,(H2,16,19). The summed E-state index contributed by atoms with van der Waals surface area (Å²) in [4.78, 5) is 5.02. The molecule has 3 nitrogen and oxygen atoms in total. The van der Waals surface area contributed by atoms with Crippen LogP contribution >= 0.6 is 12.2 Å². The average molecular weight is 279 g/mol. The number of nitrogens with two attached hydrogens (primary N) is 1. The molecular weight excluding hydrogens is 254 g/mol. The van der Waals surface area contributed by atoms with Crippen LogP contribution in [0.15, 0.2) is 18.2 Å². The van der Waals surface area contributed by atoms with Gasteiger partial charge >= 0.3 is 0 Å². The van der Waals surface area contributed by atoms with Crippen molar-refractivity contribution < 1.29 is 0 Å². The van der Waals surface area contributed by atoms with Gasteiger partial charge in [-0.2, -0.15) is 0 Å². The highest BCUT2D eigenvalue weighted by Crippen LogP contribution is 2.24. The van der Waals surface area contributed by atoms with Gasteiger partial charge in [-0.3, -0.25) is 0 Å². The van der Waals surface area contributed by atoms with Gasteiger partial charge in [-0.25, -0.2) is 0 Å². The number of thiocarbonyl (C=S) groups is 1. The molecule has 0 saturated heterocycles. The monoisotopic (exact) mass is 279 g/mol. The third-order valence-corrected chi connectivity index (χ3v) is 3.45. The molecule has 4 heteroatoms. The Bertz CT molecular complexity index is 443. The van der Waals surface area contributed by atoms with E-state index in [4.69, 9.17) is 18.0 Å². The van der Waals surface area contributed by atoms with Crippen LogP contribution in [0.3, 0.4) is 0 Å². The molecule has 1 atom stereocenters. The van der Waals surface area contributed by atoms with Crippen LogP contribution in [0.4, 0.5) is 5.69 Å². The van der Waals surface area contributed by atoms with E-state index in [2.05, 4.69) is 62.9 Å². The van der Waals surface area contributed by atoms with Gasteiger partial charge in [0.2, 0.25) is 0 Å². The fraction of sp³-hybridized carbons (Fsp3) is 0.533. The van der Waals surface area contributed by atoms with E-state index in [1.807, 2.05) is 0 Å². The van der Waals surface area contributed by atoms with Crippen LogP contribution in [0, 0.1) is 6.92 Å². The number of benzene rings is 1. The first kappa shape index (κ1) is 15.9. The molecule has 1 rings (SSSR count). The van der Waals surface area contributed by atoms with Crippen LogP contribution < -0.4 is 10.6 Å². The molecule has 106 valence electrons. The van der Waals surface area contributed by atoms with Crippen molar-refractivity contribution in [2.45, 2.75) is 26.8 Å². The molecule has 0 spiro atoms. The molecular formula is C15H25N3S. The third kappa shape index (κ3) is 4.18. The van der Waals surface area contributed by atoms with Crippen molar-refractivity contribution in [1.82, 2.24) is 4.90 Å². The topological polar surface area (TPSA) is 32.5 Å². The third-order valence-electron chi connectivity index (χ3n) is 3.23. The van der Waals surface area contributed by atoms with E-state index < -0.39 is 0 Å². The summed E-state index contributed by atoms with van der Waals surface area (Å²) in [7, 11) is 4.18. The minimum Gasteiger partial charge on any atom is -0.389 e. The Balaban J connectivity index is 3.14. The molecule has 1 aromatic rings. The second-order valence-electron chi connectivity index (χ2n) is 5.28. The maximum absolute atomic E-state index is 5.87. The Morgan fingerprint density at radius 3 is 2.47 bits per heavy atom. The second-order valence-corrected chi connectivity index (χ2v) is 5.72. The summed E-state index contributed by atoms with van der Waals surface area (Å²) in [5.74, 6) is 0. The molecule has 2 N–H and O–H groups in total. The molecule has 0 radical (unpaired) electrons. The number of anilines is 1. The molecule has 1 aromatic carbocycles. The molecule has 0 aromatic heterocycles. The van der Waals surface area contributed by atoms with E-state index in [0.717, 1.165) is 24.3 Å². The fourth-order valence-electron chi connectivity index (χ4n) is 2.44. The SMILES string of the molecule is CCN(c1ccc(C)cc1C(N)=S)C(C)CN(C)C. The zero-order chi connectivity index (χ0) is 14.6. The lowest BCUT2D eigenvalue weighted by Gasteiger charge is -2.33. The Kier molecular flexibility index (Phi) is 5.76. The predicted molar refractivity (Wildman–Crippen MR) is 88.1 cm³/mol. The zero-order valence-corrected chi connectivity index (χ0v) is 13.4. The quantitative estimate of drug-likeness (QED) is 0.811. The molecule has 0 aliphatic heterocycles. The normalized spacial score (nSPS) is 12.5. The summed E-state index contributed by atoms with van der Waals surface area (Å²) in [6.45, 7) is 8.39. The predicted octanol–water partition coefficient (Wildman–Crippen LogP) is 2.41. The highest BCUT2D eigenvalue weighted by atomic mass is 32.1. The van der Waals surface area contributed by atoms with Gasteiger partial charge in [0.15, 0.2) is 0 Å². The smallest absolute Gasteiger partial charge is 0.106 e. The molecule has 0 fully saturated rings. The van der Waals surface area contributed by atoms with E-state index >= 15 is 0 Å². The Hall–Kier alpha value is -1.13. The summed E-state index contributed by atoms with van der Waals surface area (Å²) in [5, 5.41) is 0. The summed E-state index contributed by atoms with van der Waals surface area (Å²) in [5.41, 5.74) is 9.16. The molecule has 0 saturated carbocycles. The molecule has 19 heavy (non-hydrogen) atoms. The first-order chi connectivity index (χ1) is 8.86. The summed E-state index contributed by atoms with van der Waals surface area (Å²) >= 11 is 5.19. The van der Waals surface area contributed by atoms with Gasteiger partial charge < -0.3 is 15.5 Å². The van der Waals surface area contributed by atoms with Crippen LogP contribution in [0.2, 0.25) is 0 Å². The van der Waals surface area contributed by atoms with Crippen molar-refractivity contribution in [3.63, 3.8) is 0 Å². The van der Waals surface area contributed by atoms with Gasteiger partial charge in [0.1, 0.15) is 4.99 Å². The van der Waals surface area contributed by atoms with Gasteiger partial charge in [-0.05, 0) is 47.0 Å². The first-order valence-electron chi connectivity index (χ1n) is 6.68. The van der Waals surface area contributed by atoms with E-state index in [0.29, 0.717) is 11.0 Å². The van der Waals surface area contributed by atoms with E-state index in [1.165, 1.54) is 5.56 Å². The molecule has 0 bridgehead atoms. The molecule has 0 aliphatic carbocycles. The fourth-order valence-corrected chi connectivity index (χ4v) is 2.61. The number of nitrogens with zero attached hydrogens (tertiary/aromatic N) is 2. The van der Waals surface area contributed by atoms with Crippen molar-refractivity contribution >= 4 is 22.9 Å². The number of hydrogen-bond acceptors (Lipinski definition) is 3. The lowest BCUT2D eigenvalue weighted by Crippen LogP contribution is -2.41. The lowest BCUT2D eigenvalue weighted by atomic mass is 10.1. The van der Waals surface area contributed by atoms with Crippen LogP contribution in [-0.2, 0) is 0 Å². The zero-order valence-electron chi connectivity index (χ0n) is 12.6. The maximum atomic E-state index is 5.87. The van der Waals surface area contributed by atoms with Gasteiger partial charge in [0.05, 0.1) is 0 Å². The van der Waals surface area contributed by atoms with Crippen LogP contribution in [0.1, 0.15) is 25.0 Å². The highest BCUT2D eigenvalue weighted by molar-refractivity contribution is 7.80. The first-order valence-corrected chi connectivity index (χ1v) is 7.09. The minimum atomic E-state index is 0.413.